The van der Waals surface area contributed by atoms with Crippen LogP contribution in [0.5, 0.6) is 0 Å². The van der Waals surface area contributed by atoms with E-state index in [-0.39, 0.29) is 11.3 Å². The molecule has 0 aromatic carbocycles. The van der Waals surface area contributed by atoms with Crippen molar-refractivity contribution in [3.05, 3.63) is 47.9 Å². The lowest BCUT2D eigenvalue weighted by Crippen LogP contribution is -2.39. The van der Waals surface area contributed by atoms with Crippen LogP contribution in [0.15, 0.2) is 30.6 Å². The highest BCUT2D eigenvalue weighted by Gasteiger charge is 2.55. The summed E-state index contributed by atoms with van der Waals surface area (Å²) in [5.74, 6) is 2.41. The van der Waals surface area contributed by atoms with Gasteiger partial charge in [-0.25, -0.2) is 24.9 Å². The highest BCUT2D eigenvalue weighted by atomic mass is 16.5. The number of fused-ring (bicyclic) bond motifs is 1. The number of nitrogens with zero attached hydrogens (tertiary/aromatic N) is 5. The maximum absolute atomic E-state index is 11.5. The van der Waals surface area contributed by atoms with Crippen molar-refractivity contribution in [2.75, 3.05) is 17.2 Å². The van der Waals surface area contributed by atoms with E-state index in [0.29, 0.717) is 30.2 Å². The Kier molecular flexibility index (Phi) is 4.62. The lowest BCUT2D eigenvalue weighted by Gasteiger charge is -2.33. The molecule has 2 saturated heterocycles. The van der Waals surface area contributed by atoms with Crippen LogP contribution in [0.4, 0.5) is 17.3 Å². The molecule has 0 radical (unpaired) electrons. The third-order valence-corrected chi connectivity index (χ3v) is 5.68. The zero-order chi connectivity index (χ0) is 21.6. The van der Waals surface area contributed by atoms with Crippen LogP contribution in [0.3, 0.4) is 0 Å². The smallest absolute Gasteiger partial charge is 0.222 e. The van der Waals surface area contributed by atoms with Crippen molar-refractivity contribution in [3.8, 4) is 11.3 Å². The zero-order valence-corrected chi connectivity index (χ0v) is 17.6. The molecule has 6 rings (SSSR count). The number of carbonyl (C=O) groups is 1. The Hall–Kier alpha value is -3.46. The normalized spacial score (nSPS) is 21.5. The average molecular weight is 417 g/mol. The molecule has 2 aliphatic heterocycles. The lowest BCUT2D eigenvalue weighted by atomic mass is 9.69. The topological polar surface area (TPSA) is 115 Å². The number of pyridine rings is 1. The second kappa shape index (κ2) is 7.35. The molecule has 1 saturated carbocycles. The van der Waals surface area contributed by atoms with Crippen LogP contribution < -0.4 is 10.6 Å². The fraction of sp³-hybridized carbons (Fsp3) is 0.364. The van der Waals surface area contributed by atoms with E-state index in [4.69, 9.17) is 14.7 Å². The van der Waals surface area contributed by atoms with Crippen molar-refractivity contribution < 1.29 is 9.53 Å². The molecule has 2 bridgehead atoms. The standard InChI is InChI=1S/C22H23N7O2/c1-12-6-20(29-21(25-12)22-8-15(9-22)31-11-22)28-18-7-19(27-14(3)30)24-10-16(18)17-4-5-23-13(2)26-17/h4-7,10,15H,8-9,11H2,1-3H3,(H2,24,25,27,28,29,30). The van der Waals surface area contributed by atoms with E-state index in [1.165, 1.54) is 6.92 Å². The summed E-state index contributed by atoms with van der Waals surface area (Å²) in [6.45, 7) is 5.92. The van der Waals surface area contributed by atoms with Crippen molar-refractivity contribution in [1.29, 1.82) is 0 Å². The number of ether oxygens (including phenoxy) is 1. The van der Waals surface area contributed by atoms with Gasteiger partial charge in [-0.15, -0.1) is 0 Å². The first-order valence-corrected chi connectivity index (χ1v) is 10.2. The molecule has 1 aliphatic carbocycles. The van der Waals surface area contributed by atoms with Gasteiger partial charge in [-0.3, -0.25) is 4.79 Å². The van der Waals surface area contributed by atoms with Gasteiger partial charge in [-0.05, 0) is 32.8 Å². The lowest BCUT2D eigenvalue weighted by molar-refractivity contribution is -0.114. The summed E-state index contributed by atoms with van der Waals surface area (Å²) >= 11 is 0. The predicted molar refractivity (Wildman–Crippen MR) is 115 cm³/mol. The first kappa shape index (κ1) is 19.5. The van der Waals surface area contributed by atoms with Gasteiger partial charge in [0.25, 0.3) is 0 Å². The summed E-state index contributed by atoms with van der Waals surface area (Å²) in [7, 11) is 0. The van der Waals surface area contributed by atoms with Crippen LogP contribution in [0.25, 0.3) is 11.3 Å². The third kappa shape index (κ3) is 3.72. The predicted octanol–water partition coefficient (Wildman–Crippen LogP) is 3.08. The summed E-state index contributed by atoms with van der Waals surface area (Å²) in [5.41, 5.74) is 3.05. The van der Waals surface area contributed by atoms with Crippen molar-refractivity contribution in [1.82, 2.24) is 24.9 Å². The molecular formula is C22H23N7O2. The average Bonchev–Trinajstić information content (AvgIpc) is 3.29. The quantitative estimate of drug-likeness (QED) is 0.651. The second-order valence-electron chi connectivity index (χ2n) is 8.25. The molecule has 0 atom stereocenters. The Labute approximate surface area is 179 Å². The van der Waals surface area contributed by atoms with Crippen LogP contribution in [0.1, 0.15) is 37.1 Å². The summed E-state index contributed by atoms with van der Waals surface area (Å²) in [5, 5.41) is 6.13. The van der Waals surface area contributed by atoms with E-state index >= 15 is 0 Å². The van der Waals surface area contributed by atoms with Gasteiger partial charge >= 0.3 is 0 Å². The molecule has 1 amide bonds. The van der Waals surface area contributed by atoms with Crippen LogP contribution in [-0.4, -0.2) is 43.5 Å². The van der Waals surface area contributed by atoms with Crippen molar-refractivity contribution >= 4 is 23.2 Å². The van der Waals surface area contributed by atoms with E-state index in [9.17, 15) is 4.79 Å². The molecule has 0 unspecified atom stereocenters. The summed E-state index contributed by atoms with van der Waals surface area (Å²) in [6.07, 6.45) is 5.69. The largest absolute Gasteiger partial charge is 0.377 e. The highest BCUT2D eigenvalue weighted by molar-refractivity contribution is 5.89. The highest BCUT2D eigenvalue weighted by Crippen LogP contribution is 2.50. The SMILES string of the molecule is CC(=O)Nc1cc(Nc2cc(C)nc(C34COC(C3)C4)n2)c(-c2ccnc(C)n2)cn1. The first-order valence-electron chi connectivity index (χ1n) is 10.2. The number of nitrogens with one attached hydrogen (secondary N) is 2. The van der Waals surface area contributed by atoms with Crippen LogP contribution in [-0.2, 0) is 14.9 Å². The van der Waals surface area contributed by atoms with Crippen molar-refractivity contribution in [2.45, 2.75) is 45.1 Å². The van der Waals surface area contributed by atoms with Crippen LogP contribution in [0, 0.1) is 13.8 Å². The minimum absolute atomic E-state index is 0.0701. The number of hydrogen-bond acceptors (Lipinski definition) is 8. The Morgan fingerprint density at radius 3 is 2.68 bits per heavy atom. The number of aryl methyl sites for hydroxylation is 2. The van der Waals surface area contributed by atoms with Crippen LogP contribution in [0.2, 0.25) is 0 Å². The van der Waals surface area contributed by atoms with Gasteiger partial charge in [-0.1, -0.05) is 0 Å². The Balaban J connectivity index is 1.54. The van der Waals surface area contributed by atoms with E-state index in [2.05, 4.69) is 25.6 Å². The van der Waals surface area contributed by atoms with Gasteiger partial charge in [-0.2, -0.15) is 0 Å². The minimum Gasteiger partial charge on any atom is -0.377 e. The number of aromatic nitrogens is 5. The van der Waals surface area contributed by atoms with Gasteiger partial charge in [0.15, 0.2) is 0 Å². The number of anilines is 3. The molecule has 31 heavy (non-hydrogen) atoms. The molecule has 3 fully saturated rings. The van der Waals surface area contributed by atoms with Crippen LogP contribution >= 0.6 is 0 Å². The summed E-state index contributed by atoms with van der Waals surface area (Å²) in [6, 6.07) is 5.51. The minimum atomic E-state index is -0.191. The van der Waals surface area contributed by atoms with E-state index in [0.717, 1.165) is 41.3 Å². The fourth-order valence-corrected chi connectivity index (χ4v) is 4.20. The van der Waals surface area contributed by atoms with E-state index in [1.54, 1.807) is 18.5 Å². The van der Waals surface area contributed by atoms with Gasteiger partial charge in [0.05, 0.1) is 29.5 Å². The third-order valence-electron chi connectivity index (χ3n) is 5.68. The van der Waals surface area contributed by atoms with Gasteiger partial charge in [0.2, 0.25) is 5.91 Å². The van der Waals surface area contributed by atoms with Crippen molar-refractivity contribution in [3.63, 3.8) is 0 Å². The Bertz CT molecular complexity index is 1170. The van der Waals surface area contributed by atoms with E-state index < -0.39 is 0 Å². The molecule has 0 spiro atoms. The van der Waals surface area contributed by atoms with Gasteiger partial charge in [0.1, 0.15) is 23.3 Å². The number of amides is 1. The molecule has 158 valence electrons. The Morgan fingerprint density at radius 2 is 1.97 bits per heavy atom. The molecule has 2 N–H and O–H groups in total. The molecule has 3 aromatic rings. The second-order valence-corrected chi connectivity index (χ2v) is 8.25. The maximum Gasteiger partial charge on any atom is 0.222 e. The molecule has 3 aliphatic rings. The monoisotopic (exact) mass is 417 g/mol. The van der Waals surface area contributed by atoms with Gasteiger partial charge < -0.3 is 15.4 Å². The van der Waals surface area contributed by atoms with Crippen molar-refractivity contribution in [2.24, 2.45) is 0 Å². The molecule has 5 heterocycles. The molecule has 9 heteroatoms. The molecule has 3 aromatic heterocycles. The molecular weight excluding hydrogens is 394 g/mol. The first-order chi connectivity index (χ1) is 14.9. The summed E-state index contributed by atoms with van der Waals surface area (Å²) < 4.78 is 5.76. The Morgan fingerprint density at radius 1 is 1.13 bits per heavy atom. The molecule has 9 nitrogen and oxygen atoms in total. The number of carbonyl (C=O) groups excluding carboxylic acids is 1. The number of rotatable bonds is 5. The maximum atomic E-state index is 11.5. The number of hydrogen-bond donors (Lipinski definition) is 2. The van der Waals surface area contributed by atoms with E-state index in [1.807, 2.05) is 26.0 Å². The fourth-order valence-electron chi connectivity index (χ4n) is 4.20. The summed E-state index contributed by atoms with van der Waals surface area (Å²) in [4.78, 5) is 34.1. The van der Waals surface area contributed by atoms with Gasteiger partial charge in [0, 0.05) is 42.7 Å². The zero-order valence-electron chi connectivity index (χ0n) is 17.6.